The van der Waals surface area contributed by atoms with Crippen molar-refractivity contribution >= 4 is 12.0 Å². The third-order valence-electron chi connectivity index (χ3n) is 4.35. The zero-order valence-corrected chi connectivity index (χ0v) is 12.4. The molecule has 2 heterocycles. The fourth-order valence-electron chi connectivity index (χ4n) is 3.27. The summed E-state index contributed by atoms with van der Waals surface area (Å²) in [5, 5.41) is 12.5. The number of nitrogens with one attached hydrogen (secondary N) is 2. The number of phenols is 1. The number of aromatic hydroxyl groups is 1. The summed E-state index contributed by atoms with van der Waals surface area (Å²) in [5.41, 5.74) is 3.66. The maximum atomic E-state index is 12.4. The van der Waals surface area contributed by atoms with Crippen LogP contribution in [0.5, 0.6) is 5.75 Å². The molecule has 114 valence electrons. The quantitative estimate of drug-likeness (QED) is 0.747. The Bertz CT molecular complexity index is 827. The van der Waals surface area contributed by atoms with Crippen LogP contribution in [0.15, 0.2) is 72.1 Å². The molecule has 2 aliphatic rings. The zero-order valence-electron chi connectivity index (χ0n) is 12.4. The van der Waals surface area contributed by atoms with Crippen LogP contribution in [-0.2, 0) is 4.79 Å². The normalized spacial score (nSPS) is 24.4. The highest BCUT2D eigenvalue weighted by molar-refractivity contribution is 6.03. The summed E-state index contributed by atoms with van der Waals surface area (Å²) in [6, 6.07) is 11.0. The molecule has 1 saturated heterocycles. The third kappa shape index (κ3) is 2.38. The van der Waals surface area contributed by atoms with E-state index in [0.717, 1.165) is 22.5 Å². The number of hydrogen-bond acceptors (Lipinski definition) is 2. The average Bonchev–Trinajstić information content (AvgIpc) is 3.17. The molecule has 1 aliphatic carbocycles. The minimum absolute atomic E-state index is 0.0275. The second-order valence-corrected chi connectivity index (χ2v) is 5.78. The molecule has 4 rings (SSSR count). The van der Waals surface area contributed by atoms with Crippen molar-refractivity contribution in [1.82, 2.24) is 10.3 Å². The molecule has 2 aromatic rings. The van der Waals surface area contributed by atoms with Crippen molar-refractivity contribution in [3.05, 3.63) is 83.4 Å². The van der Waals surface area contributed by atoms with Crippen LogP contribution in [0.25, 0.3) is 6.08 Å². The number of rotatable bonds is 2. The van der Waals surface area contributed by atoms with Crippen LogP contribution in [0.4, 0.5) is 0 Å². The van der Waals surface area contributed by atoms with Crippen molar-refractivity contribution in [2.45, 2.75) is 5.92 Å². The minimum atomic E-state index is -0.0525. The smallest absolute Gasteiger partial charge is 0.252 e. The highest BCUT2D eigenvalue weighted by atomic mass is 16.3. The standard InChI is InChI=1S/C19H16N2O2/c22-14-8-6-12(7-9-14)15-4-1-5-17-18(15)16(19(23)21-17)11-13-3-2-10-20-13/h1-11,15,18,20,22H,(H,21,23). The molecule has 0 bridgehead atoms. The van der Waals surface area contributed by atoms with Crippen LogP contribution in [0.3, 0.4) is 0 Å². The van der Waals surface area contributed by atoms with E-state index < -0.39 is 0 Å². The van der Waals surface area contributed by atoms with Gasteiger partial charge in [0.05, 0.1) is 0 Å². The maximum Gasteiger partial charge on any atom is 0.252 e. The number of allylic oxidation sites excluding steroid dienone is 4. The van der Waals surface area contributed by atoms with Gasteiger partial charge in [-0.1, -0.05) is 24.3 Å². The van der Waals surface area contributed by atoms with E-state index in [9.17, 15) is 9.90 Å². The Kier molecular flexibility index (Phi) is 3.15. The fraction of sp³-hybridized carbons (Fsp3) is 0.105. The largest absolute Gasteiger partial charge is 0.508 e. The fourth-order valence-corrected chi connectivity index (χ4v) is 3.27. The van der Waals surface area contributed by atoms with E-state index >= 15 is 0 Å². The molecule has 1 fully saturated rings. The van der Waals surface area contributed by atoms with Gasteiger partial charge in [-0.2, -0.15) is 0 Å². The van der Waals surface area contributed by atoms with Crippen molar-refractivity contribution in [2.24, 2.45) is 5.92 Å². The summed E-state index contributed by atoms with van der Waals surface area (Å²) >= 11 is 0. The predicted octanol–water partition coefficient (Wildman–Crippen LogP) is 3.09. The zero-order chi connectivity index (χ0) is 15.8. The van der Waals surface area contributed by atoms with Gasteiger partial charge in [0.1, 0.15) is 5.75 Å². The van der Waals surface area contributed by atoms with Gasteiger partial charge in [0, 0.05) is 35.0 Å². The van der Waals surface area contributed by atoms with Crippen LogP contribution in [0, 0.1) is 5.92 Å². The van der Waals surface area contributed by atoms with Crippen LogP contribution < -0.4 is 5.32 Å². The number of carbonyl (C=O) groups is 1. The van der Waals surface area contributed by atoms with Crippen molar-refractivity contribution in [3.63, 3.8) is 0 Å². The Morgan fingerprint density at radius 2 is 1.96 bits per heavy atom. The number of H-pyrrole nitrogens is 1. The van der Waals surface area contributed by atoms with Crippen molar-refractivity contribution < 1.29 is 9.90 Å². The molecule has 0 spiro atoms. The van der Waals surface area contributed by atoms with E-state index in [2.05, 4.69) is 16.4 Å². The first-order valence-electron chi connectivity index (χ1n) is 7.56. The second-order valence-electron chi connectivity index (χ2n) is 5.78. The first kappa shape index (κ1) is 13.6. The van der Waals surface area contributed by atoms with E-state index in [4.69, 9.17) is 0 Å². The summed E-state index contributed by atoms with van der Waals surface area (Å²) in [4.78, 5) is 15.5. The molecule has 4 nitrogen and oxygen atoms in total. The Hall–Kier alpha value is -3.01. The molecule has 2 atom stereocenters. The molecule has 23 heavy (non-hydrogen) atoms. The van der Waals surface area contributed by atoms with E-state index in [0.29, 0.717) is 0 Å². The highest BCUT2D eigenvalue weighted by Gasteiger charge is 2.39. The number of aromatic nitrogens is 1. The molecule has 1 aromatic carbocycles. The van der Waals surface area contributed by atoms with Crippen LogP contribution in [-0.4, -0.2) is 16.0 Å². The number of carbonyl (C=O) groups excluding carboxylic acids is 1. The molecule has 1 aromatic heterocycles. The Morgan fingerprint density at radius 3 is 2.70 bits per heavy atom. The maximum absolute atomic E-state index is 12.4. The molecule has 0 saturated carbocycles. The van der Waals surface area contributed by atoms with Crippen LogP contribution >= 0.6 is 0 Å². The monoisotopic (exact) mass is 304 g/mol. The second kappa shape index (κ2) is 5.32. The molecule has 4 heteroatoms. The van der Waals surface area contributed by atoms with Gasteiger partial charge in [-0.25, -0.2) is 0 Å². The van der Waals surface area contributed by atoms with Gasteiger partial charge in [-0.3, -0.25) is 4.79 Å². The van der Waals surface area contributed by atoms with Crippen molar-refractivity contribution in [1.29, 1.82) is 0 Å². The van der Waals surface area contributed by atoms with Gasteiger partial charge in [-0.15, -0.1) is 0 Å². The SMILES string of the molecule is O=C1NC2=CC=CC(c3ccc(O)cc3)C2C1=Cc1ccc[nH]1. The number of fused-ring (bicyclic) bond motifs is 1. The number of phenolic OH excluding ortho intramolecular Hbond substituents is 1. The van der Waals surface area contributed by atoms with Gasteiger partial charge in [0.2, 0.25) is 0 Å². The lowest BCUT2D eigenvalue weighted by Gasteiger charge is -2.24. The Morgan fingerprint density at radius 1 is 1.13 bits per heavy atom. The number of benzene rings is 1. The highest BCUT2D eigenvalue weighted by Crippen LogP contribution is 2.42. The van der Waals surface area contributed by atoms with Gasteiger partial charge in [-0.05, 0) is 42.0 Å². The van der Waals surface area contributed by atoms with E-state index in [1.165, 1.54) is 0 Å². The van der Waals surface area contributed by atoms with E-state index in [1.54, 1.807) is 12.1 Å². The number of hydrogen-bond donors (Lipinski definition) is 3. The Labute approximate surface area is 133 Å². The lowest BCUT2D eigenvalue weighted by atomic mass is 9.78. The Balaban J connectivity index is 1.77. The van der Waals surface area contributed by atoms with Crippen molar-refractivity contribution in [2.75, 3.05) is 0 Å². The molecule has 1 amide bonds. The van der Waals surface area contributed by atoms with Gasteiger partial charge in [0.25, 0.3) is 5.91 Å². The predicted molar refractivity (Wildman–Crippen MR) is 88.5 cm³/mol. The van der Waals surface area contributed by atoms with Gasteiger partial charge < -0.3 is 15.4 Å². The topological polar surface area (TPSA) is 65.1 Å². The third-order valence-corrected chi connectivity index (χ3v) is 4.35. The average molecular weight is 304 g/mol. The molecule has 3 N–H and O–H groups in total. The molecular weight excluding hydrogens is 288 g/mol. The lowest BCUT2D eigenvalue weighted by molar-refractivity contribution is -0.115. The molecular formula is C19H16N2O2. The lowest BCUT2D eigenvalue weighted by Crippen LogP contribution is -2.16. The minimum Gasteiger partial charge on any atom is -0.508 e. The molecule has 2 unspecified atom stereocenters. The van der Waals surface area contributed by atoms with Gasteiger partial charge in [0.15, 0.2) is 0 Å². The van der Waals surface area contributed by atoms with Gasteiger partial charge >= 0.3 is 0 Å². The van der Waals surface area contributed by atoms with Crippen LogP contribution in [0.1, 0.15) is 17.2 Å². The summed E-state index contributed by atoms with van der Waals surface area (Å²) < 4.78 is 0. The van der Waals surface area contributed by atoms with Crippen molar-refractivity contribution in [3.8, 4) is 5.75 Å². The summed E-state index contributed by atoms with van der Waals surface area (Å²) in [6.07, 6.45) is 9.78. The first-order chi connectivity index (χ1) is 11.2. The number of amides is 1. The molecule has 1 aliphatic heterocycles. The number of aromatic amines is 1. The first-order valence-corrected chi connectivity index (χ1v) is 7.56. The summed E-state index contributed by atoms with van der Waals surface area (Å²) in [5.74, 6) is 0.228. The molecule has 0 radical (unpaired) electrons. The van der Waals surface area contributed by atoms with E-state index in [1.807, 2.05) is 48.7 Å². The van der Waals surface area contributed by atoms with Crippen LogP contribution in [0.2, 0.25) is 0 Å². The summed E-state index contributed by atoms with van der Waals surface area (Å²) in [6.45, 7) is 0. The van der Waals surface area contributed by atoms with E-state index in [-0.39, 0.29) is 23.5 Å². The summed E-state index contributed by atoms with van der Waals surface area (Å²) in [7, 11) is 0.